The van der Waals surface area contributed by atoms with E-state index in [0.29, 0.717) is 12.1 Å². The maximum atomic E-state index is 8.82. The first kappa shape index (κ1) is 14.9. The minimum absolute atomic E-state index is 0.671. The molecule has 0 spiro atoms. The zero-order valence-electron chi connectivity index (χ0n) is 13.2. The fourth-order valence-electron chi connectivity index (χ4n) is 2.44. The highest BCUT2D eigenvalue weighted by molar-refractivity contribution is 5.61. The molecule has 0 fully saturated rings. The summed E-state index contributed by atoms with van der Waals surface area (Å²) >= 11 is 0. The van der Waals surface area contributed by atoms with Gasteiger partial charge in [0, 0.05) is 13.6 Å². The van der Waals surface area contributed by atoms with Crippen molar-refractivity contribution in [3.8, 4) is 17.3 Å². The van der Waals surface area contributed by atoms with Gasteiger partial charge >= 0.3 is 0 Å². The van der Waals surface area contributed by atoms with Crippen LogP contribution >= 0.6 is 0 Å². The molecule has 0 bridgehead atoms. The Balaban J connectivity index is 1.74. The Hall–Kier alpha value is -3.06. The van der Waals surface area contributed by atoms with Crippen LogP contribution in [0, 0.1) is 18.3 Å². The molecule has 0 atom stereocenters. The lowest BCUT2D eigenvalue weighted by atomic mass is 10.1. The topological polar surface area (TPSA) is 53.6 Å². The molecule has 0 saturated heterocycles. The predicted octanol–water partition coefficient (Wildman–Crippen LogP) is 3.88. The van der Waals surface area contributed by atoms with Crippen LogP contribution in [0.4, 0.5) is 5.95 Å². The Morgan fingerprint density at radius 1 is 1.09 bits per heavy atom. The normalized spacial score (nSPS) is 10.3. The summed E-state index contributed by atoms with van der Waals surface area (Å²) in [5, 5.41) is 12.2. The summed E-state index contributed by atoms with van der Waals surface area (Å²) in [6.45, 7) is 2.75. The molecular formula is C19H18N4. The van der Waals surface area contributed by atoms with E-state index in [9.17, 15) is 0 Å². The van der Waals surface area contributed by atoms with Crippen LogP contribution in [-0.4, -0.2) is 9.55 Å². The van der Waals surface area contributed by atoms with Crippen molar-refractivity contribution in [2.45, 2.75) is 13.5 Å². The maximum absolute atomic E-state index is 8.82. The summed E-state index contributed by atoms with van der Waals surface area (Å²) in [5.41, 5.74) is 5.26. The van der Waals surface area contributed by atoms with E-state index in [4.69, 9.17) is 5.26 Å². The Morgan fingerprint density at radius 3 is 2.43 bits per heavy atom. The number of aromatic nitrogens is 2. The number of anilines is 1. The number of aryl methyl sites for hydroxylation is 1. The van der Waals surface area contributed by atoms with E-state index >= 15 is 0 Å². The zero-order chi connectivity index (χ0) is 16.2. The average molecular weight is 302 g/mol. The fraction of sp³-hybridized carbons (Fsp3) is 0.158. The molecule has 2 aromatic carbocycles. The Kier molecular flexibility index (Phi) is 4.11. The van der Waals surface area contributed by atoms with Crippen molar-refractivity contribution in [2.24, 2.45) is 7.05 Å². The van der Waals surface area contributed by atoms with Gasteiger partial charge in [0.05, 0.1) is 23.5 Å². The highest BCUT2D eigenvalue weighted by Gasteiger charge is 2.08. The summed E-state index contributed by atoms with van der Waals surface area (Å²) in [6.07, 6.45) is 1.88. The molecule has 0 radical (unpaired) electrons. The van der Waals surface area contributed by atoms with Gasteiger partial charge in [0.25, 0.3) is 0 Å². The van der Waals surface area contributed by atoms with Crippen molar-refractivity contribution < 1.29 is 0 Å². The van der Waals surface area contributed by atoms with Crippen molar-refractivity contribution in [1.29, 1.82) is 5.26 Å². The van der Waals surface area contributed by atoms with Crippen LogP contribution in [0.1, 0.15) is 16.7 Å². The summed E-state index contributed by atoms with van der Waals surface area (Å²) < 4.78 is 2.05. The van der Waals surface area contributed by atoms with Gasteiger partial charge in [-0.1, -0.05) is 42.0 Å². The lowest BCUT2D eigenvalue weighted by Crippen LogP contribution is -2.05. The van der Waals surface area contributed by atoms with E-state index in [2.05, 4.69) is 47.6 Å². The molecule has 4 nitrogen and oxygen atoms in total. The minimum Gasteiger partial charge on any atom is -0.352 e. The van der Waals surface area contributed by atoms with Crippen LogP contribution in [0.25, 0.3) is 11.3 Å². The third kappa shape index (κ3) is 3.24. The van der Waals surface area contributed by atoms with Gasteiger partial charge in [-0.2, -0.15) is 5.26 Å². The standard InChI is InChI=1S/C19H18N4/c1-14-3-9-17(10-4-14)18-13-22-19(23(18)2)21-12-16-7-5-15(11-20)6-8-16/h3-10,13H,12H2,1-2H3,(H,21,22). The van der Waals surface area contributed by atoms with Gasteiger partial charge in [0.2, 0.25) is 5.95 Å². The number of rotatable bonds is 4. The smallest absolute Gasteiger partial charge is 0.203 e. The van der Waals surface area contributed by atoms with Gasteiger partial charge < -0.3 is 9.88 Å². The van der Waals surface area contributed by atoms with E-state index in [1.807, 2.05) is 42.1 Å². The molecule has 114 valence electrons. The quantitative estimate of drug-likeness (QED) is 0.795. The minimum atomic E-state index is 0.671. The van der Waals surface area contributed by atoms with Gasteiger partial charge in [-0.05, 0) is 30.2 Å². The number of hydrogen-bond donors (Lipinski definition) is 1. The molecule has 0 aliphatic carbocycles. The summed E-state index contributed by atoms with van der Waals surface area (Å²) in [7, 11) is 2.00. The predicted molar refractivity (Wildman–Crippen MR) is 91.9 cm³/mol. The first-order valence-corrected chi connectivity index (χ1v) is 7.49. The van der Waals surface area contributed by atoms with Crippen LogP contribution in [0.3, 0.4) is 0 Å². The van der Waals surface area contributed by atoms with Gasteiger partial charge in [-0.15, -0.1) is 0 Å². The number of imidazole rings is 1. The molecule has 3 rings (SSSR count). The highest BCUT2D eigenvalue weighted by Crippen LogP contribution is 2.22. The van der Waals surface area contributed by atoms with Crippen molar-refractivity contribution in [3.63, 3.8) is 0 Å². The summed E-state index contributed by atoms with van der Waals surface area (Å²) in [5.74, 6) is 0.824. The third-order valence-electron chi connectivity index (χ3n) is 3.87. The monoisotopic (exact) mass is 302 g/mol. The Bertz CT molecular complexity index is 837. The summed E-state index contributed by atoms with van der Waals surface area (Å²) in [6, 6.07) is 18.1. The number of nitrogens with one attached hydrogen (secondary N) is 1. The first-order valence-electron chi connectivity index (χ1n) is 7.49. The second kappa shape index (κ2) is 6.37. The van der Waals surface area contributed by atoms with Crippen molar-refractivity contribution in [3.05, 3.63) is 71.4 Å². The van der Waals surface area contributed by atoms with E-state index in [1.165, 1.54) is 5.56 Å². The molecule has 1 heterocycles. The van der Waals surface area contributed by atoms with Gasteiger partial charge in [0.15, 0.2) is 0 Å². The van der Waals surface area contributed by atoms with E-state index < -0.39 is 0 Å². The molecule has 1 aromatic heterocycles. The SMILES string of the molecule is Cc1ccc(-c2cnc(NCc3ccc(C#N)cc3)n2C)cc1. The molecule has 0 aliphatic rings. The number of hydrogen-bond acceptors (Lipinski definition) is 3. The van der Waals surface area contributed by atoms with Crippen LogP contribution in [0.2, 0.25) is 0 Å². The van der Waals surface area contributed by atoms with Gasteiger partial charge in [-0.25, -0.2) is 4.98 Å². The third-order valence-corrected chi connectivity index (χ3v) is 3.87. The second-order valence-corrected chi connectivity index (χ2v) is 5.55. The molecule has 0 aliphatic heterocycles. The van der Waals surface area contributed by atoms with Crippen LogP contribution in [0.15, 0.2) is 54.7 Å². The van der Waals surface area contributed by atoms with E-state index in [1.54, 1.807) is 0 Å². The highest BCUT2D eigenvalue weighted by atomic mass is 15.2. The van der Waals surface area contributed by atoms with Crippen molar-refractivity contribution >= 4 is 5.95 Å². The Morgan fingerprint density at radius 2 is 1.78 bits per heavy atom. The number of nitrogens with zero attached hydrogens (tertiary/aromatic N) is 3. The lowest BCUT2D eigenvalue weighted by Gasteiger charge is -2.09. The number of benzene rings is 2. The Labute approximate surface area is 136 Å². The lowest BCUT2D eigenvalue weighted by molar-refractivity contribution is 0.906. The fourth-order valence-corrected chi connectivity index (χ4v) is 2.44. The molecule has 23 heavy (non-hydrogen) atoms. The largest absolute Gasteiger partial charge is 0.352 e. The molecule has 3 aromatic rings. The molecule has 0 unspecified atom stereocenters. The summed E-state index contributed by atoms with van der Waals surface area (Å²) in [4.78, 5) is 4.46. The molecule has 4 heteroatoms. The maximum Gasteiger partial charge on any atom is 0.203 e. The average Bonchev–Trinajstić information content (AvgIpc) is 2.95. The van der Waals surface area contributed by atoms with Crippen molar-refractivity contribution in [2.75, 3.05) is 5.32 Å². The van der Waals surface area contributed by atoms with Gasteiger partial charge in [-0.3, -0.25) is 0 Å². The van der Waals surface area contributed by atoms with E-state index in [0.717, 1.165) is 22.8 Å². The van der Waals surface area contributed by atoms with Crippen LogP contribution < -0.4 is 5.32 Å². The zero-order valence-corrected chi connectivity index (χ0v) is 13.2. The first-order chi connectivity index (χ1) is 11.2. The molecule has 0 amide bonds. The van der Waals surface area contributed by atoms with Crippen LogP contribution in [0.5, 0.6) is 0 Å². The second-order valence-electron chi connectivity index (χ2n) is 5.55. The van der Waals surface area contributed by atoms with Crippen molar-refractivity contribution in [1.82, 2.24) is 9.55 Å². The molecule has 1 N–H and O–H groups in total. The molecule has 0 saturated carbocycles. The molecular weight excluding hydrogens is 284 g/mol. The number of nitriles is 1. The van der Waals surface area contributed by atoms with Crippen LogP contribution in [-0.2, 0) is 13.6 Å². The van der Waals surface area contributed by atoms with Gasteiger partial charge in [0.1, 0.15) is 0 Å². The van der Waals surface area contributed by atoms with E-state index in [-0.39, 0.29) is 0 Å².